The second kappa shape index (κ2) is 45.1. The molecule has 0 aromatic heterocycles. The number of aliphatic hydroxyl groups is 2. The number of carboxylic acids is 1. The van der Waals surface area contributed by atoms with E-state index in [2.05, 4.69) is 87.6 Å². The van der Waals surface area contributed by atoms with E-state index in [4.69, 9.17) is 23.7 Å². The van der Waals surface area contributed by atoms with Crippen molar-refractivity contribution in [3.8, 4) is 0 Å². The van der Waals surface area contributed by atoms with Gasteiger partial charge in [-0.2, -0.15) is 0 Å². The molecule has 6 atom stereocenters. The molecule has 6 unspecified atom stereocenters. The molecule has 1 aliphatic rings. The smallest absolute Gasteiger partial charge is 0.335 e. The first-order valence-electron chi connectivity index (χ1n) is 26.6. The van der Waals surface area contributed by atoms with Gasteiger partial charge in [-0.3, -0.25) is 14.4 Å². The molecule has 392 valence electrons. The summed E-state index contributed by atoms with van der Waals surface area (Å²) < 4.78 is 28.1. The zero-order valence-electron chi connectivity index (χ0n) is 42.8. The van der Waals surface area contributed by atoms with E-state index in [1.54, 1.807) is 6.08 Å². The van der Waals surface area contributed by atoms with E-state index in [1.165, 1.54) is 38.5 Å². The van der Waals surface area contributed by atoms with Crippen molar-refractivity contribution in [1.29, 1.82) is 0 Å². The Labute approximate surface area is 416 Å². The van der Waals surface area contributed by atoms with Crippen LogP contribution in [0, 0.1) is 0 Å². The fourth-order valence-electron chi connectivity index (χ4n) is 7.36. The zero-order chi connectivity index (χ0) is 50.4. The van der Waals surface area contributed by atoms with Crippen LogP contribution in [0.3, 0.4) is 0 Å². The summed E-state index contributed by atoms with van der Waals surface area (Å²) >= 11 is 0. The summed E-state index contributed by atoms with van der Waals surface area (Å²) in [6.45, 7) is 5.69. The molecule has 0 aromatic rings. The maximum absolute atomic E-state index is 13.0. The number of unbranched alkanes of at least 4 members (excludes halogenated alkanes) is 16. The molecule has 3 N–H and O–H groups in total. The first-order chi connectivity index (χ1) is 33.6. The van der Waals surface area contributed by atoms with Crippen molar-refractivity contribution >= 4 is 23.9 Å². The molecule has 0 amide bonds. The Bertz CT molecular complexity index is 1530. The third-order valence-corrected chi connectivity index (χ3v) is 11.5. The van der Waals surface area contributed by atoms with Gasteiger partial charge in [0, 0.05) is 12.8 Å². The molecule has 12 nitrogen and oxygen atoms in total. The van der Waals surface area contributed by atoms with Crippen LogP contribution in [0.4, 0.5) is 0 Å². The second-order valence-corrected chi connectivity index (χ2v) is 17.8. The van der Waals surface area contributed by atoms with Crippen LogP contribution in [0.1, 0.15) is 201 Å². The van der Waals surface area contributed by atoms with Gasteiger partial charge >= 0.3 is 23.9 Å². The summed E-state index contributed by atoms with van der Waals surface area (Å²) in [4.78, 5) is 50.8. The molecule has 0 bridgehead atoms. The van der Waals surface area contributed by atoms with Gasteiger partial charge in [-0.25, -0.2) is 4.79 Å². The molecular formula is C57H92O12. The highest BCUT2D eigenvalue weighted by atomic mass is 16.7. The lowest BCUT2D eigenvalue weighted by atomic mass is 9.98. The van der Waals surface area contributed by atoms with Gasteiger partial charge in [0.15, 0.2) is 24.6 Å². The SMILES string of the molecule is CC/C=C\C/C=C\C/C=C\C/C=C\C/C=C\CC(=O)OCC(COC1OC(C(=O)O)C(O)C(O)C1OC(=O)CCCCCCC/C=C\CCCCCC)OC(=O)CCCCCCC/C=C\CCCC. The summed E-state index contributed by atoms with van der Waals surface area (Å²) in [5, 5.41) is 31.3. The molecule has 0 saturated carbocycles. The van der Waals surface area contributed by atoms with E-state index in [-0.39, 0.29) is 25.9 Å². The summed E-state index contributed by atoms with van der Waals surface area (Å²) in [6.07, 6.45) is 44.6. The lowest BCUT2D eigenvalue weighted by Gasteiger charge is -2.40. The van der Waals surface area contributed by atoms with Crippen molar-refractivity contribution < 1.29 is 58.2 Å². The Morgan fingerprint density at radius 1 is 0.507 bits per heavy atom. The lowest BCUT2D eigenvalue weighted by Crippen LogP contribution is -2.61. The maximum atomic E-state index is 13.0. The lowest BCUT2D eigenvalue weighted by molar-refractivity contribution is -0.301. The highest BCUT2D eigenvalue weighted by Gasteiger charge is 2.50. The molecule has 12 heteroatoms. The predicted molar refractivity (Wildman–Crippen MR) is 275 cm³/mol. The minimum atomic E-state index is -1.92. The quantitative estimate of drug-likeness (QED) is 0.0229. The summed E-state index contributed by atoms with van der Waals surface area (Å²) in [7, 11) is 0. The number of carboxylic acid groups (broad SMARTS) is 1. The average Bonchev–Trinajstić information content (AvgIpc) is 3.33. The number of hydrogen-bond donors (Lipinski definition) is 3. The van der Waals surface area contributed by atoms with Gasteiger partial charge in [0.05, 0.1) is 13.0 Å². The Morgan fingerprint density at radius 2 is 0.971 bits per heavy atom. The van der Waals surface area contributed by atoms with Gasteiger partial charge in [0.1, 0.15) is 18.8 Å². The van der Waals surface area contributed by atoms with Gasteiger partial charge in [-0.1, -0.05) is 176 Å². The monoisotopic (exact) mass is 969 g/mol. The van der Waals surface area contributed by atoms with Crippen molar-refractivity contribution in [1.82, 2.24) is 0 Å². The van der Waals surface area contributed by atoms with Gasteiger partial charge in [-0.15, -0.1) is 0 Å². The van der Waals surface area contributed by atoms with Crippen molar-refractivity contribution in [2.75, 3.05) is 13.2 Å². The molecule has 69 heavy (non-hydrogen) atoms. The highest BCUT2D eigenvalue weighted by molar-refractivity contribution is 5.74. The predicted octanol–water partition coefficient (Wildman–Crippen LogP) is 12.8. The number of aliphatic hydroxyl groups excluding tert-OH is 2. The molecule has 1 aliphatic heterocycles. The fraction of sp³-hybridized carbons (Fsp3) is 0.684. The number of carbonyl (C=O) groups is 4. The van der Waals surface area contributed by atoms with Gasteiger partial charge < -0.3 is 39.0 Å². The number of esters is 3. The van der Waals surface area contributed by atoms with Crippen LogP contribution < -0.4 is 0 Å². The number of ether oxygens (including phenoxy) is 5. The van der Waals surface area contributed by atoms with Gasteiger partial charge in [-0.05, 0) is 89.9 Å². The first-order valence-corrected chi connectivity index (χ1v) is 26.6. The topological polar surface area (TPSA) is 175 Å². The molecule has 0 radical (unpaired) electrons. The van der Waals surface area contributed by atoms with Gasteiger partial charge in [0.2, 0.25) is 0 Å². The first kappa shape index (κ1) is 62.9. The van der Waals surface area contributed by atoms with Crippen LogP contribution in [0.15, 0.2) is 85.1 Å². The van der Waals surface area contributed by atoms with Crippen LogP contribution >= 0.6 is 0 Å². The summed E-state index contributed by atoms with van der Waals surface area (Å²) in [5.74, 6) is -3.32. The van der Waals surface area contributed by atoms with Crippen molar-refractivity contribution in [3.05, 3.63) is 85.1 Å². The normalized spacial score (nSPS) is 19.3. The Hall–Kier alpha value is -4.10. The second-order valence-electron chi connectivity index (χ2n) is 17.8. The van der Waals surface area contributed by atoms with E-state index < -0.39 is 67.3 Å². The van der Waals surface area contributed by atoms with Crippen LogP contribution in [-0.4, -0.2) is 89.2 Å². The molecule has 0 spiro atoms. The molecule has 1 heterocycles. The largest absolute Gasteiger partial charge is 0.479 e. The maximum Gasteiger partial charge on any atom is 0.335 e. The van der Waals surface area contributed by atoms with Crippen LogP contribution in [0.5, 0.6) is 0 Å². The molecular weight excluding hydrogens is 877 g/mol. The fourth-order valence-corrected chi connectivity index (χ4v) is 7.36. The zero-order valence-corrected chi connectivity index (χ0v) is 42.8. The average molecular weight is 969 g/mol. The third kappa shape index (κ3) is 35.6. The van der Waals surface area contributed by atoms with Crippen LogP contribution in [0.2, 0.25) is 0 Å². The minimum absolute atomic E-state index is 0.0195. The molecule has 0 aliphatic carbocycles. The molecule has 1 fully saturated rings. The van der Waals surface area contributed by atoms with Crippen molar-refractivity contribution in [2.24, 2.45) is 0 Å². The van der Waals surface area contributed by atoms with Crippen LogP contribution in [0.25, 0.3) is 0 Å². The van der Waals surface area contributed by atoms with E-state index in [9.17, 15) is 34.5 Å². The third-order valence-electron chi connectivity index (χ3n) is 11.5. The number of hydrogen-bond acceptors (Lipinski definition) is 11. The van der Waals surface area contributed by atoms with Crippen molar-refractivity contribution in [3.63, 3.8) is 0 Å². The van der Waals surface area contributed by atoms with E-state index in [1.807, 2.05) is 12.2 Å². The summed E-state index contributed by atoms with van der Waals surface area (Å²) in [5.41, 5.74) is 0. The number of aliphatic carboxylic acids is 1. The molecule has 0 aromatic carbocycles. The standard InChI is InChI=1S/C57H92O12/c1-4-7-10-13-16-19-22-24-25-27-29-31-34-37-40-43-49(58)65-46-48(67-50(59)44-41-38-35-32-28-21-18-15-12-9-6-3)47-66-57-55(53(62)52(61)54(69-57)56(63)64)68-51(60)45-42-39-36-33-30-26-23-20-17-14-11-8-5-2/h7,10,15-16,18-20,23-25,29,31,37,40,48,52-55,57,61-62H,4-6,8-9,11-14,17,21-22,26-28,30,32-36,38-39,41-47H2,1-3H3,(H,63,64)/b10-7-,18-15-,19-16-,23-20-,25-24-,31-29-,40-37-. The van der Waals surface area contributed by atoms with E-state index in [0.717, 1.165) is 103 Å². The Balaban J connectivity index is 2.79. The Morgan fingerprint density at radius 3 is 1.49 bits per heavy atom. The molecule has 1 saturated heterocycles. The minimum Gasteiger partial charge on any atom is -0.479 e. The number of allylic oxidation sites excluding steroid dienone is 13. The van der Waals surface area contributed by atoms with E-state index >= 15 is 0 Å². The number of carbonyl (C=O) groups excluding carboxylic acids is 3. The Kier molecular flexibility index (Phi) is 41.1. The van der Waals surface area contributed by atoms with Crippen molar-refractivity contribution in [2.45, 2.75) is 237 Å². The van der Waals surface area contributed by atoms with Gasteiger partial charge in [0.25, 0.3) is 0 Å². The van der Waals surface area contributed by atoms with Crippen LogP contribution in [-0.2, 0) is 42.9 Å². The highest BCUT2D eigenvalue weighted by Crippen LogP contribution is 2.26. The van der Waals surface area contributed by atoms with E-state index in [0.29, 0.717) is 19.3 Å². The summed E-state index contributed by atoms with van der Waals surface area (Å²) in [6, 6.07) is 0. The molecule has 1 rings (SSSR count). The number of rotatable bonds is 43.